The Bertz CT molecular complexity index is 1490. The van der Waals surface area contributed by atoms with Crippen molar-refractivity contribution < 1.29 is 18.7 Å². The van der Waals surface area contributed by atoms with Crippen LogP contribution >= 0.6 is 0 Å². The number of nitrogens with one attached hydrogen (secondary N) is 3. The number of H-pyrrole nitrogens is 1. The highest BCUT2D eigenvalue weighted by atomic mass is 19.1. The minimum atomic E-state index is -0.283. The largest absolute Gasteiger partial charge is 0.489 e. The van der Waals surface area contributed by atoms with Crippen molar-refractivity contribution in [3.05, 3.63) is 77.6 Å². The Balaban J connectivity index is 1.22. The number of rotatable bonds is 8. The lowest BCUT2D eigenvalue weighted by Crippen LogP contribution is -2.44. The number of aromatic nitrogens is 2. The van der Waals surface area contributed by atoms with E-state index in [1.54, 1.807) is 12.1 Å². The second kappa shape index (κ2) is 12.2. The number of carbonyl (C=O) groups is 1. The monoisotopic (exact) mass is 558 g/mol. The number of hydrogen-bond donors (Lipinski definition) is 3. The average Bonchev–Trinajstić information content (AvgIpc) is 3.39. The normalized spacial score (nSPS) is 16.6. The van der Waals surface area contributed by atoms with Crippen molar-refractivity contribution >= 4 is 34.0 Å². The lowest BCUT2D eigenvalue weighted by atomic mass is 10.1. The van der Waals surface area contributed by atoms with Gasteiger partial charge in [-0.15, -0.1) is 0 Å². The highest BCUT2D eigenvalue weighted by Gasteiger charge is 2.22. The van der Waals surface area contributed by atoms with E-state index in [0.717, 1.165) is 66.9 Å². The number of halogens is 1. The molecular weight excluding hydrogens is 523 g/mol. The van der Waals surface area contributed by atoms with Crippen molar-refractivity contribution in [1.29, 1.82) is 0 Å². The van der Waals surface area contributed by atoms with Gasteiger partial charge in [-0.3, -0.25) is 9.89 Å². The summed E-state index contributed by atoms with van der Waals surface area (Å²) in [6, 6.07) is 18.0. The van der Waals surface area contributed by atoms with Gasteiger partial charge in [-0.2, -0.15) is 5.10 Å². The maximum atomic E-state index is 13.7. The molecule has 3 heterocycles. The Hall–Kier alpha value is -4.15. The third-order valence-corrected chi connectivity index (χ3v) is 7.78. The van der Waals surface area contributed by atoms with Crippen LogP contribution in [0.5, 0.6) is 5.75 Å². The summed E-state index contributed by atoms with van der Waals surface area (Å²) in [5.41, 5.74) is 4.12. The zero-order chi connectivity index (χ0) is 28.2. The Kier molecular flexibility index (Phi) is 8.02. The van der Waals surface area contributed by atoms with Crippen LogP contribution in [0.1, 0.15) is 28.8 Å². The number of amides is 1. The zero-order valence-electron chi connectivity index (χ0n) is 23.2. The molecule has 2 aliphatic heterocycles. The lowest BCUT2D eigenvalue weighted by molar-refractivity contribution is 0.0904. The first kappa shape index (κ1) is 27.0. The fraction of sp³-hybridized carbons (Fsp3) is 0.355. The summed E-state index contributed by atoms with van der Waals surface area (Å²) in [5.74, 6) is 0.527. The number of piperazine rings is 1. The third kappa shape index (κ3) is 6.44. The molecule has 10 heteroatoms. The molecular formula is C31H35FN6O3. The van der Waals surface area contributed by atoms with Crippen molar-refractivity contribution in [3.63, 3.8) is 0 Å². The smallest absolute Gasteiger partial charge is 0.258 e. The van der Waals surface area contributed by atoms with Crippen LogP contribution in [0.25, 0.3) is 10.9 Å². The predicted molar refractivity (Wildman–Crippen MR) is 158 cm³/mol. The van der Waals surface area contributed by atoms with Crippen LogP contribution in [0.3, 0.4) is 0 Å². The van der Waals surface area contributed by atoms with E-state index in [2.05, 4.69) is 43.7 Å². The average molecular weight is 559 g/mol. The highest BCUT2D eigenvalue weighted by Crippen LogP contribution is 2.30. The summed E-state index contributed by atoms with van der Waals surface area (Å²) in [6.45, 7) is 5.63. The molecule has 0 spiro atoms. The van der Waals surface area contributed by atoms with Crippen LogP contribution in [0, 0.1) is 5.82 Å². The molecule has 0 aliphatic carbocycles. The standard InChI is InChI=1S/C31H35FN6O3/c1-37-12-14-38(15-13-37)24-6-8-26(29(18-24)33-23-10-16-40-17-11-23)31(39)34-30-27-19-25(7-9-28(27)35-36-30)41-20-21-2-4-22(32)5-3-21/h2-9,18-19,23,33H,10-17,20H2,1H3,(H2,34,35,36,39). The summed E-state index contributed by atoms with van der Waals surface area (Å²) >= 11 is 0. The molecule has 3 aromatic carbocycles. The molecule has 6 rings (SSSR count). The van der Waals surface area contributed by atoms with E-state index in [1.807, 2.05) is 30.3 Å². The fourth-order valence-corrected chi connectivity index (χ4v) is 5.27. The lowest BCUT2D eigenvalue weighted by Gasteiger charge is -2.34. The molecule has 0 unspecified atom stereocenters. The Morgan fingerprint density at radius 3 is 2.61 bits per heavy atom. The molecule has 0 atom stereocenters. The number of hydrogen-bond acceptors (Lipinski definition) is 7. The van der Waals surface area contributed by atoms with Gasteiger partial charge < -0.3 is 29.9 Å². The molecule has 214 valence electrons. The van der Waals surface area contributed by atoms with Gasteiger partial charge in [0.15, 0.2) is 5.82 Å². The summed E-state index contributed by atoms with van der Waals surface area (Å²) in [7, 11) is 2.14. The van der Waals surface area contributed by atoms with Gasteiger partial charge in [0.25, 0.3) is 5.91 Å². The molecule has 41 heavy (non-hydrogen) atoms. The van der Waals surface area contributed by atoms with Gasteiger partial charge in [-0.25, -0.2) is 4.39 Å². The topological polar surface area (TPSA) is 94.8 Å². The van der Waals surface area contributed by atoms with Crippen LogP contribution in [0.4, 0.5) is 21.6 Å². The van der Waals surface area contributed by atoms with E-state index >= 15 is 0 Å². The van der Waals surface area contributed by atoms with Gasteiger partial charge in [-0.05, 0) is 74.0 Å². The van der Waals surface area contributed by atoms with E-state index in [1.165, 1.54) is 12.1 Å². The summed E-state index contributed by atoms with van der Waals surface area (Å²) < 4.78 is 24.7. The number of benzene rings is 3. The van der Waals surface area contributed by atoms with Crippen LogP contribution < -0.4 is 20.3 Å². The maximum absolute atomic E-state index is 13.7. The molecule has 2 fully saturated rings. The van der Waals surface area contributed by atoms with Crippen LogP contribution in [-0.4, -0.2) is 73.5 Å². The van der Waals surface area contributed by atoms with Gasteiger partial charge in [-0.1, -0.05) is 12.1 Å². The number of aromatic amines is 1. The molecule has 2 saturated heterocycles. The minimum Gasteiger partial charge on any atom is -0.489 e. The molecule has 1 amide bonds. The van der Waals surface area contributed by atoms with Gasteiger partial charge in [0, 0.05) is 62.2 Å². The summed E-state index contributed by atoms with van der Waals surface area (Å²) in [6.07, 6.45) is 1.79. The fourth-order valence-electron chi connectivity index (χ4n) is 5.27. The summed E-state index contributed by atoms with van der Waals surface area (Å²) in [4.78, 5) is 18.4. The number of fused-ring (bicyclic) bond motifs is 1. The number of likely N-dealkylation sites (N-methyl/N-ethyl adjacent to an activating group) is 1. The summed E-state index contributed by atoms with van der Waals surface area (Å²) in [5, 5.41) is 14.7. The Morgan fingerprint density at radius 1 is 1.05 bits per heavy atom. The second-order valence-corrected chi connectivity index (χ2v) is 10.7. The molecule has 4 aromatic rings. The molecule has 0 saturated carbocycles. The van der Waals surface area contributed by atoms with Crippen molar-refractivity contribution in [2.45, 2.75) is 25.5 Å². The van der Waals surface area contributed by atoms with Gasteiger partial charge in [0.2, 0.25) is 0 Å². The predicted octanol–water partition coefficient (Wildman–Crippen LogP) is 4.88. The molecule has 0 bridgehead atoms. The van der Waals surface area contributed by atoms with Gasteiger partial charge in [0.05, 0.1) is 11.1 Å². The van der Waals surface area contributed by atoms with E-state index in [4.69, 9.17) is 9.47 Å². The Morgan fingerprint density at radius 2 is 1.83 bits per heavy atom. The van der Waals surface area contributed by atoms with E-state index < -0.39 is 0 Å². The van der Waals surface area contributed by atoms with Crippen LogP contribution in [-0.2, 0) is 11.3 Å². The highest BCUT2D eigenvalue weighted by molar-refractivity contribution is 6.11. The van der Waals surface area contributed by atoms with Crippen LogP contribution in [0.2, 0.25) is 0 Å². The first-order chi connectivity index (χ1) is 20.0. The number of anilines is 3. The first-order valence-electron chi connectivity index (χ1n) is 14.1. The van der Waals surface area contributed by atoms with Gasteiger partial charge >= 0.3 is 0 Å². The zero-order valence-corrected chi connectivity index (χ0v) is 23.2. The Labute approximate surface area is 238 Å². The molecule has 9 nitrogen and oxygen atoms in total. The number of nitrogens with zero attached hydrogens (tertiary/aromatic N) is 3. The number of ether oxygens (including phenoxy) is 2. The number of carbonyl (C=O) groups excluding carboxylic acids is 1. The van der Waals surface area contributed by atoms with Crippen molar-refractivity contribution in [1.82, 2.24) is 15.1 Å². The third-order valence-electron chi connectivity index (χ3n) is 7.78. The molecule has 3 N–H and O–H groups in total. The van der Waals surface area contributed by atoms with Gasteiger partial charge in [0.1, 0.15) is 18.2 Å². The van der Waals surface area contributed by atoms with E-state index in [-0.39, 0.29) is 17.8 Å². The molecule has 2 aliphatic rings. The minimum absolute atomic E-state index is 0.240. The van der Waals surface area contributed by atoms with E-state index in [9.17, 15) is 9.18 Å². The first-order valence-corrected chi connectivity index (χ1v) is 14.1. The van der Waals surface area contributed by atoms with Crippen molar-refractivity contribution in [2.24, 2.45) is 0 Å². The maximum Gasteiger partial charge on any atom is 0.258 e. The van der Waals surface area contributed by atoms with Crippen LogP contribution in [0.15, 0.2) is 60.7 Å². The van der Waals surface area contributed by atoms with Crippen molar-refractivity contribution in [2.75, 3.05) is 62.0 Å². The SMILES string of the molecule is CN1CCN(c2ccc(C(=O)Nc3n[nH]c4ccc(OCc5ccc(F)cc5)cc34)c(NC3CCOCC3)c2)CC1. The molecule has 1 aromatic heterocycles. The van der Waals surface area contributed by atoms with Crippen molar-refractivity contribution in [3.8, 4) is 5.75 Å². The molecule has 0 radical (unpaired) electrons. The quantitative estimate of drug-likeness (QED) is 0.284. The second-order valence-electron chi connectivity index (χ2n) is 10.7. The van der Waals surface area contributed by atoms with E-state index in [0.29, 0.717) is 37.0 Å².